The van der Waals surface area contributed by atoms with Crippen LogP contribution in [0.4, 0.5) is 13.2 Å². The molecule has 20 heteroatoms. The molecule has 1 aliphatic rings. The Kier molecular flexibility index (Phi) is 18.9. The Morgan fingerprint density at radius 3 is 1.80 bits per heavy atom. The van der Waals surface area contributed by atoms with Crippen LogP contribution in [0.5, 0.6) is 0 Å². The van der Waals surface area contributed by atoms with Gasteiger partial charge in [0.05, 0.1) is 32.3 Å². The van der Waals surface area contributed by atoms with Crippen LogP contribution in [0.15, 0.2) is 84.9 Å². The molecule has 1 saturated carbocycles. The van der Waals surface area contributed by atoms with Gasteiger partial charge in [-0.1, -0.05) is 104 Å². The van der Waals surface area contributed by atoms with Gasteiger partial charge in [0.2, 0.25) is 23.6 Å². The molecule has 0 saturated heterocycles. The quantitative estimate of drug-likeness (QED) is 0.0899. The van der Waals surface area contributed by atoms with Gasteiger partial charge in [0.25, 0.3) is 0 Å². The van der Waals surface area contributed by atoms with Gasteiger partial charge in [-0.15, -0.1) is 0 Å². The van der Waals surface area contributed by atoms with Crippen LogP contribution in [-0.2, 0) is 61.8 Å². The Balaban J connectivity index is 0.00000126. The number of carbonyl (C=O) groups is 6. The molecule has 0 spiro atoms. The van der Waals surface area contributed by atoms with Crippen molar-refractivity contribution in [3.63, 3.8) is 0 Å². The first kappa shape index (κ1) is 48.7. The number of carboxylic acids is 2. The van der Waals surface area contributed by atoms with Crippen LogP contribution in [0.1, 0.15) is 79.7 Å². The first-order valence-corrected chi connectivity index (χ1v) is 20.6. The minimum Gasteiger partial charge on any atom is -0.542 e. The summed E-state index contributed by atoms with van der Waals surface area (Å²) in [5, 5.41) is 26.4. The van der Waals surface area contributed by atoms with E-state index in [1.165, 1.54) is 0 Å². The van der Waals surface area contributed by atoms with Gasteiger partial charge < -0.3 is 51.5 Å². The molecule has 4 rings (SSSR count). The summed E-state index contributed by atoms with van der Waals surface area (Å²) in [5.41, 5.74) is 10.1. The highest BCUT2D eigenvalue weighted by molar-refractivity contribution is 7.52. The summed E-state index contributed by atoms with van der Waals surface area (Å²) in [6.07, 6.45) is -2.89. The maximum absolute atomic E-state index is 14.1. The number of hydrogen-bond acceptors (Lipinski definition) is 10. The highest BCUT2D eigenvalue weighted by Crippen LogP contribution is 2.53. The van der Waals surface area contributed by atoms with E-state index in [1.807, 2.05) is 60.7 Å². The molecule has 326 valence electrons. The first-order chi connectivity index (χ1) is 28.4. The lowest BCUT2D eigenvalue weighted by atomic mass is 9.80. The summed E-state index contributed by atoms with van der Waals surface area (Å²) >= 11 is 0. The summed E-state index contributed by atoms with van der Waals surface area (Å²) in [6, 6.07) is 22.4. The zero-order chi connectivity index (χ0) is 44.3. The van der Waals surface area contributed by atoms with E-state index >= 15 is 0 Å². The van der Waals surface area contributed by atoms with E-state index < -0.39 is 73.4 Å². The molecule has 60 heavy (non-hydrogen) atoms. The summed E-state index contributed by atoms with van der Waals surface area (Å²) in [4.78, 5) is 72.8. The van der Waals surface area contributed by atoms with Crippen LogP contribution in [0.2, 0.25) is 0 Å². The predicted molar refractivity (Wildman–Crippen MR) is 206 cm³/mol. The van der Waals surface area contributed by atoms with Crippen LogP contribution in [-0.4, -0.2) is 65.0 Å². The van der Waals surface area contributed by atoms with E-state index in [4.69, 9.17) is 24.7 Å². The maximum Gasteiger partial charge on any atom is 0.430 e. The van der Waals surface area contributed by atoms with Gasteiger partial charge in [0, 0.05) is 12.8 Å². The molecular formula is C40H49F3N5O11P. The van der Waals surface area contributed by atoms with E-state index in [1.54, 1.807) is 24.3 Å². The summed E-state index contributed by atoms with van der Waals surface area (Å²) in [6.45, 7) is 0.645. The van der Waals surface area contributed by atoms with Gasteiger partial charge >= 0.3 is 19.7 Å². The number of quaternary nitrogens is 1. The Morgan fingerprint density at radius 2 is 1.35 bits per heavy atom. The normalized spacial score (nSPS) is 14.6. The van der Waals surface area contributed by atoms with Gasteiger partial charge in [-0.3, -0.25) is 23.7 Å². The largest absolute Gasteiger partial charge is 0.542 e. The highest BCUT2D eigenvalue weighted by atomic mass is 31.2. The van der Waals surface area contributed by atoms with Crippen molar-refractivity contribution in [2.24, 2.45) is 5.73 Å². The number of alkyl halides is 3. The average Bonchev–Trinajstić information content (AvgIpc) is 3.21. The van der Waals surface area contributed by atoms with Crippen molar-refractivity contribution in [3.8, 4) is 0 Å². The SMILES string of the molecule is NC(=O)C[C@H](NC(=O)C1(NC(=O)[C@H](NC(=O)CCC[NH3+])c2ccc(CP(=O)(OCc3ccccc3)OCc3ccccc3)cc2)CCCCC1)C(=O)O.O=C([O-])C(F)(F)F. The second-order valence-corrected chi connectivity index (χ2v) is 16.0. The zero-order valence-electron chi connectivity index (χ0n) is 32.6. The number of hydrogen-bond donors (Lipinski definition) is 6. The molecule has 0 aliphatic heterocycles. The molecule has 0 heterocycles. The number of carbonyl (C=O) groups excluding carboxylic acids is 5. The number of nitrogens with two attached hydrogens (primary N) is 1. The standard InChI is InChI=1S/C38H48N5O9P.C2HF3O2/c39-22-10-15-33(45)42-34(35(46)43-38(20-8-3-9-21-38)37(49)41-31(36(47)48)23-32(40)44)30-18-16-29(17-19-30)26-53(50,51-24-27-11-4-1-5-12-27)52-25-28-13-6-2-7-14-28;3-2(4,5)1(6)7/h1-2,4-7,11-14,16-19,31,34H,3,8-10,15,20-26,39H2,(H2,40,44)(H,41,49)(H,42,45)(H,43,46)(H,47,48);(H,6,7)/t31-,34+;/m0./s1. The fourth-order valence-electron chi connectivity index (χ4n) is 6.05. The van der Waals surface area contributed by atoms with Crippen molar-refractivity contribution in [3.05, 3.63) is 107 Å². The average molecular weight is 864 g/mol. The Bertz CT molecular complexity index is 1900. The van der Waals surface area contributed by atoms with Crippen molar-refractivity contribution in [2.75, 3.05) is 6.54 Å². The maximum atomic E-state index is 14.1. The second-order valence-electron chi connectivity index (χ2n) is 13.9. The smallest absolute Gasteiger partial charge is 0.430 e. The zero-order valence-corrected chi connectivity index (χ0v) is 33.5. The monoisotopic (exact) mass is 863 g/mol. The molecule has 3 aromatic carbocycles. The third-order valence-electron chi connectivity index (χ3n) is 9.20. The fraction of sp³-hybridized carbons (Fsp3) is 0.400. The molecule has 2 atom stereocenters. The van der Waals surface area contributed by atoms with Gasteiger partial charge in [-0.2, -0.15) is 13.2 Å². The minimum absolute atomic E-state index is 0.0671. The number of benzene rings is 3. The molecule has 9 N–H and O–H groups in total. The second kappa shape index (κ2) is 23.2. The van der Waals surface area contributed by atoms with E-state index in [2.05, 4.69) is 21.7 Å². The predicted octanol–water partition coefficient (Wildman–Crippen LogP) is 2.56. The van der Waals surface area contributed by atoms with Gasteiger partial charge in [-0.05, 0) is 35.1 Å². The lowest BCUT2D eigenvalue weighted by Gasteiger charge is -2.38. The molecule has 4 amide bonds. The Labute approximate surface area is 344 Å². The van der Waals surface area contributed by atoms with E-state index in [0.29, 0.717) is 36.9 Å². The summed E-state index contributed by atoms with van der Waals surface area (Å²) in [7, 11) is -3.71. The molecular weight excluding hydrogens is 814 g/mol. The molecule has 16 nitrogen and oxygen atoms in total. The van der Waals surface area contributed by atoms with Crippen LogP contribution in [0.3, 0.4) is 0 Å². The van der Waals surface area contributed by atoms with Gasteiger partial charge in [-0.25, -0.2) is 4.79 Å². The van der Waals surface area contributed by atoms with Crippen LogP contribution in [0, 0.1) is 0 Å². The molecule has 1 aliphatic carbocycles. The molecule has 0 radical (unpaired) electrons. The number of nitrogens with one attached hydrogen (secondary N) is 3. The highest BCUT2D eigenvalue weighted by Gasteiger charge is 2.44. The number of primary amides is 1. The van der Waals surface area contributed by atoms with Crippen LogP contribution >= 0.6 is 7.60 Å². The third-order valence-corrected chi connectivity index (χ3v) is 11.0. The minimum atomic E-state index is -5.19. The lowest BCUT2D eigenvalue weighted by molar-refractivity contribution is -0.368. The molecule has 3 aromatic rings. The molecule has 1 fully saturated rings. The Morgan fingerprint density at radius 1 is 0.833 bits per heavy atom. The van der Waals surface area contributed by atoms with Crippen molar-refractivity contribution in [2.45, 2.75) is 94.5 Å². The number of carboxylic acid groups (broad SMARTS) is 2. The van der Waals surface area contributed by atoms with Gasteiger partial charge in [0.1, 0.15) is 23.6 Å². The Hall–Kier alpha value is -5.62. The fourth-order valence-corrected chi connectivity index (χ4v) is 7.66. The molecule has 0 aromatic heterocycles. The van der Waals surface area contributed by atoms with Crippen LogP contribution in [0.25, 0.3) is 0 Å². The van der Waals surface area contributed by atoms with Crippen molar-refractivity contribution in [1.29, 1.82) is 0 Å². The van der Waals surface area contributed by atoms with E-state index in [-0.39, 0.29) is 38.6 Å². The third kappa shape index (κ3) is 16.2. The molecule has 0 bridgehead atoms. The number of halogens is 3. The van der Waals surface area contributed by atoms with E-state index in [9.17, 15) is 46.8 Å². The van der Waals surface area contributed by atoms with Crippen molar-refractivity contribution >= 4 is 43.2 Å². The summed E-state index contributed by atoms with van der Waals surface area (Å²) < 4.78 is 57.5. The first-order valence-electron chi connectivity index (χ1n) is 18.9. The summed E-state index contributed by atoms with van der Waals surface area (Å²) in [5.74, 6) is -7.19. The number of rotatable bonds is 20. The number of amides is 4. The van der Waals surface area contributed by atoms with Crippen LogP contribution < -0.4 is 32.5 Å². The lowest BCUT2D eigenvalue weighted by Crippen LogP contribution is -2.63. The van der Waals surface area contributed by atoms with E-state index in [0.717, 1.165) is 17.5 Å². The van der Waals surface area contributed by atoms with Crippen molar-refractivity contribution < 1.29 is 71.5 Å². The number of aliphatic carboxylic acids is 2. The van der Waals surface area contributed by atoms with Gasteiger partial charge in [0.15, 0.2) is 0 Å². The molecule has 0 unspecified atom stereocenters. The topological polar surface area (TPSA) is 271 Å². The van der Waals surface area contributed by atoms with Crippen molar-refractivity contribution in [1.82, 2.24) is 16.0 Å².